The molecule has 3 aromatic rings. The highest BCUT2D eigenvalue weighted by molar-refractivity contribution is 5.94. The zero-order valence-electron chi connectivity index (χ0n) is 16.0. The standard InChI is InChI=1S/C20H19FN6O3/c1-22-19(30)20(24-13-28,14-5-3-2-4-6-14)12-23-18(29)17-11-25-27(26-17)16-9-7-15(21)8-10-16/h2-11,13H,12H2,1H3,(H,22,30)(H,23,29)(H,24,28). The average Bonchev–Trinajstić information content (AvgIpc) is 3.27. The van der Waals surface area contributed by atoms with Gasteiger partial charge in [-0.25, -0.2) is 4.39 Å². The van der Waals surface area contributed by atoms with E-state index >= 15 is 0 Å². The van der Waals surface area contributed by atoms with Crippen LogP contribution in [0.5, 0.6) is 0 Å². The highest BCUT2D eigenvalue weighted by atomic mass is 19.1. The van der Waals surface area contributed by atoms with Crippen molar-refractivity contribution in [3.05, 3.63) is 77.9 Å². The van der Waals surface area contributed by atoms with Crippen molar-refractivity contribution in [2.24, 2.45) is 0 Å². The first kappa shape index (κ1) is 20.6. The van der Waals surface area contributed by atoms with Crippen LogP contribution in [-0.2, 0) is 15.1 Å². The summed E-state index contributed by atoms with van der Waals surface area (Å²) >= 11 is 0. The van der Waals surface area contributed by atoms with E-state index in [9.17, 15) is 18.8 Å². The minimum absolute atomic E-state index is 0.00991. The molecule has 3 N–H and O–H groups in total. The molecule has 0 bridgehead atoms. The van der Waals surface area contributed by atoms with Gasteiger partial charge in [-0.2, -0.15) is 9.90 Å². The number of carbonyl (C=O) groups excluding carboxylic acids is 3. The maximum atomic E-state index is 13.1. The van der Waals surface area contributed by atoms with Crippen molar-refractivity contribution in [1.82, 2.24) is 30.9 Å². The Labute approximate surface area is 171 Å². The van der Waals surface area contributed by atoms with Gasteiger partial charge in [0.2, 0.25) is 6.41 Å². The summed E-state index contributed by atoms with van der Waals surface area (Å²) in [4.78, 5) is 37.7. The van der Waals surface area contributed by atoms with Crippen molar-refractivity contribution in [2.45, 2.75) is 5.54 Å². The first-order chi connectivity index (χ1) is 14.5. The summed E-state index contributed by atoms with van der Waals surface area (Å²) in [6.07, 6.45) is 1.65. The molecule has 10 heteroatoms. The summed E-state index contributed by atoms with van der Waals surface area (Å²) in [6, 6.07) is 14.0. The molecule has 1 aromatic heterocycles. The molecule has 0 aliphatic carbocycles. The van der Waals surface area contributed by atoms with Gasteiger partial charge in [0.1, 0.15) is 5.82 Å². The fourth-order valence-corrected chi connectivity index (χ4v) is 2.92. The number of amides is 3. The van der Waals surface area contributed by atoms with Gasteiger partial charge in [0.05, 0.1) is 18.4 Å². The van der Waals surface area contributed by atoms with Crippen molar-refractivity contribution in [1.29, 1.82) is 0 Å². The Morgan fingerprint density at radius 1 is 1.13 bits per heavy atom. The SMILES string of the molecule is CNC(=O)C(CNC(=O)c1cnn(-c2ccc(F)cc2)n1)(NC=O)c1ccccc1. The lowest BCUT2D eigenvalue weighted by Gasteiger charge is -2.32. The molecule has 0 aliphatic heterocycles. The highest BCUT2D eigenvalue weighted by Gasteiger charge is 2.40. The van der Waals surface area contributed by atoms with Crippen LogP contribution in [0.4, 0.5) is 4.39 Å². The van der Waals surface area contributed by atoms with Gasteiger partial charge in [0.15, 0.2) is 11.2 Å². The lowest BCUT2D eigenvalue weighted by Crippen LogP contribution is -2.59. The number of likely N-dealkylation sites (N-methyl/N-ethyl adjacent to an activating group) is 1. The number of nitrogens with zero attached hydrogens (tertiary/aromatic N) is 3. The molecule has 2 aromatic carbocycles. The molecule has 30 heavy (non-hydrogen) atoms. The molecule has 0 aliphatic rings. The molecule has 0 spiro atoms. The van der Waals surface area contributed by atoms with Crippen LogP contribution in [0, 0.1) is 5.82 Å². The first-order valence-electron chi connectivity index (χ1n) is 8.95. The summed E-state index contributed by atoms with van der Waals surface area (Å²) in [5.41, 5.74) is -0.557. The van der Waals surface area contributed by atoms with E-state index in [1.54, 1.807) is 30.3 Å². The maximum absolute atomic E-state index is 13.1. The molecule has 1 atom stereocenters. The molecule has 3 rings (SSSR count). The monoisotopic (exact) mass is 410 g/mol. The number of rotatable bonds is 8. The fourth-order valence-electron chi connectivity index (χ4n) is 2.92. The van der Waals surface area contributed by atoms with Crippen LogP contribution in [-0.4, -0.2) is 46.8 Å². The molecule has 0 saturated heterocycles. The van der Waals surface area contributed by atoms with Crippen molar-refractivity contribution in [2.75, 3.05) is 13.6 Å². The molecule has 1 heterocycles. The predicted octanol–water partition coefficient (Wildman–Crippen LogP) is 0.524. The molecule has 0 saturated carbocycles. The van der Waals surface area contributed by atoms with Gasteiger partial charge in [-0.15, -0.1) is 5.10 Å². The Morgan fingerprint density at radius 2 is 1.83 bits per heavy atom. The quantitative estimate of drug-likeness (QED) is 0.468. The van der Waals surface area contributed by atoms with Crippen molar-refractivity contribution in [3.63, 3.8) is 0 Å². The van der Waals surface area contributed by atoms with E-state index in [1.165, 1.54) is 42.3 Å². The van der Waals surface area contributed by atoms with Crippen molar-refractivity contribution >= 4 is 18.2 Å². The minimum Gasteiger partial charge on any atom is -0.357 e. The average molecular weight is 410 g/mol. The number of hydrogen-bond donors (Lipinski definition) is 3. The first-order valence-corrected chi connectivity index (χ1v) is 8.95. The van der Waals surface area contributed by atoms with Gasteiger partial charge in [0, 0.05) is 7.05 Å². The summed E-state index contributed by atoms with van der Waals surface area (Å²) in [5, 5.41) is 15.7. The van der Waals surface area contributed by atoms with Crippen molar-refractivity contribution in [3.8, 4) is 5.69 Å². The topological polar surface area (TPSA) is 118 Å². The second kappa shape index (κ2) is 8.95. The zero-order valence-corrected chi connectivity index (χ0v) is 16.0. The van der Waals surface area contributed by atoms with E-state index in [-0.39, 0.29) is 12.2 Å². The maximum Gasteiger partial charge on any atom is 0.273 e. The van der Waals surface area contributed by atoms with Gasteiger partial charge in [0.25, 0.3) is 11.8 Å². The molecule has 1 unspecified atom stereocenters. The smallest absolute Gasteiger partial charge is 0.273 e. The van der Waals surface area contributed by atoms with Crippen LogP contribution in [0.1, 0.15) is 16.1 Å². The van der Waals surface area contributed by atoms with Gasteiger partial charge in [-0.05, 0) is 29.8 Å². The Morgan fingerprint density at radius 3 is 2.47 bits per heavy atom. The van der Waals surface area contributed by atoms with Gasteiger partial charge in [-0.3, -0.25) is 14.4 Å². The summed E-state index contributed by atoms with van der Waals surface area (Å²) in [6.45, 7) is -0.225. The van der Waals surface area contributed by atoms with Crippen LogP contribution >= 0.6 is 0 Å². The molecule has 9 nitrogen and oxygen atoms in total. The zero-order chi connectivity index (χ0) is 21.6. The van der Waals surface area contributed by atoms with Gasteiger partial charge >= 0.3 is 0 Å². The van der Waals surface area contributed by atoms with Gasteiger partial charge < -0.3 is 16.0 Å². The number of carbonyl (C=O) groups is 3. The Hall–Kier alpha value is -4.08. The third-order valence-corrected chi connectivity index (χ3v) is 4.48. The number of hydrogen-bond acceptors (Lipinski definition) is 5. The third-order valence-electron chi connectivity index (χ3n) is 4.48. The van der Waals surface area contributed by atoms with Crippen LogP contribution in [0.25, 0.3) is 5.69 Å². The van der Waals surface area contributed by atoms with Crippen LogP contribution in [0.3, 0.4) is 0 Å². The highest BCUT2D eigenvalue weighted by Crippen LogP contribution is 2.21. The summed E-state index contributed by atoms with van der Waals surface area (Å²) in [5.74, 6) is -1.51. The Balaban J connectivity index is 1.82. The van der Waals surface area contributed by atoms with E-state index in [0.717, 1.165) is 0 Å². The van der Waals surface area contributed by atoms with E-state index in [2.05, 4.69) is 26.1 Å². The van der Waals surface area contributed by atoms with E-state index in [4.69, 9.17) is 0 Å². The van der Waals surface area contributed by atoms with Crippen molar-refractivity contribution < 1.29 is 18.8 Å². The van der Waals surface area contributed by atoms with Crippen LogP contribution in [0.15, 0.2) is 60.8 Å². The number of benzene rings is 2. The third kappa shape index (κ3) is 4.17. The molecule has 0 fully saturated rings. The molecule has 0 radical (unpaired) electrons. The predicted molar refractivity (Wildman–Crippen MR) is 105 cm³/mol. The van der Waals surface area contributed by atoms with E-state index < -0.39 is 23.2 Å². The Kier molecular flexibility index (Phi) is 6.16. The van der Waals surface area contributed by atoms with E-state index in [1.807, 2.05) is 0 Å². The molecule has 3 amide bonds. The summed E-state index contributed by atoms with van der Waals surface area (Å²) in [7, 11) is 1.43. The lowest BCUT2D eigenvalue weighted by atomic mass is 9.88. The minimum atomic E-state index is -1.51. The molecule has 154 valence electrons. The summed E-state index contributed by atoms with van der Waals surface area (Å²) < 4.78 is 13.1. The van der Waals surface area contributed by atoms with Crippen LogP contribution < -0.4 is 16.0 Å². The second-order valence-corrected chi connectivity index (χ2v) is 6.29. The fraction of sp³-hybridized carbons (Fsp3) is 0.150. The Bertz CT molecular complexity index is 1040. The van der Waals surface area contributed by atoms with Crippen LogP contribution in [0.2, 0.25) is 0 Å². The number of halogens is 1. The second-order valence-electron chi connectivity index (χ2n) is 6.29. The molecular weight excluding hydrogens is 391 g/mol. The number of aromatic nitrogens is 3. The normalized spacial score (nSPS) is 12.5. The van der Waals surface area contributed by atoms with E-state index in [0.29, 0.717) is 17.7 Å². The molecular formula is C20H19FN6O3. The lowest BCUT2D eigenvalue weighted by molar-refractivity contribution is -0.130. The number of nitrogens with one attached hydrogen (secondary N) is 3. The van der Waals surface area contributed by atoms with Gasteiger partial charge in [-0.1, -0.05) is 30.3 Å². The largest absolute Gasteiger partial charge is 0.357 e.